The summed E-state index contributed by atoms with van der Waals surface area (Å²) in [5.41, 5.74) is 21.1. The molecule has 2 heterocycles. The Hall–Kier alpha value is -9.54. The van der Waals surface area contributed by atoms with E-state index in [0.717, 1.165) is 50.1 Å². The molecule has 12 aromatic carbocycles. The zero-order valence-electron chi connectivity index (χ0n) is 41.4. The second kappa shape index (κ2) is 17.8. The average molecular weight is 986 g/mol. The summed E-state index contributed by atoms with van der Waals surface area (Å²) in [5, 5.41) is 4.88. The van der Waals surface area contributed by atoms with Gasteiger partial charge in [0.25, 0.3) is 0 Å². The molecule has 3 heteroatoms. The second-order valence-corrected chi connectivity index (χ2v) is 21.0. The van der Waals surface area contributed by atoms with Gasteiger partial charge < -0.3 is 9.32 Å². The van der Waals surface area contributed by atoms with Gasteiger partial charge in [-0.15, -0.1) is 11.3 Å². The molecular formula is C73H47NOS. The van der Waals surface area contributed by atoms with Crippen molar-refractivity contribution in [1.82, 2.24) is 0 Å². The van der Waals surface area contributed by atoms with E-state index in [1.807, 2.05) is 17.4 Å². The van der Waals surface area contributed by atoms with Crippen LogP contribution >= 0.6 is 11.3 Å². The summed E-state index contributed by atoms with van der Waals surface area (Å²) < 4.78 is 9.21. The molecule has 0 saturated heterocycles. The number of nitrogens with zero attached hydrogens (tertiary/aromatic N) is 1. The molecule has 0 bridgehead atoms. The van der Waals surface area contributed by atoms with Crippen LogP contribution in [0.1, 0.15) is 22.3 Å². The summed E-state index contributed by atoms with van der Waals surface area (Å²) in [5.74, 6) is 0. The number of furan rings is 1. The molecule has 0 fully saturated rings. The monoisotopic (exact) mass is 985 g/mol. The molecule has 2 nitrogen and oxygen atoms in total. The van der Waals surface area contributed by atoms with Crippen LogP contribution in [0, 0.1) is 0 Å². The average Bonchev–Trinajstić information content (AvgIpc) is 4.33. The maximum absolute atomic E-state index is 6.59. The molecule has 1 atom stereocenters. The molecule has 356 valence electrons. The zero-order valence-corrected chi connectivity index (χ0v) is 42.2. The molecule has 1 aliphatic carbocycles. The van der Waals surface area contributed by atoms with Gasteiger partial charge in [0.15, 0.2) is 0 Å². The van der Waals surface area contributed by atoms with Gasteiger partial charge in [-0.2, -0.15) is 0 Å². The Morgan fingerprint density at radius 1 is 0.316 bits per heavy atom. The molecule has 15 rings (SSSR count). The number of fused-ring (bicyclic) bond motifs is 9. The van der Waals surface area contributed by atoms with Crippen LogP contribution in [0.25, 0.3) is 97.7 Å². The van der Waals surface area contributed by atoms with Crippen LogP contribution in [0.2, 0.25) is 0 Å². The topological polar surface area (TPSA) is 16.4 Å². The van der Waals surface area contributed by atoms with Gasteiger partial charge in [0.05, 0.1) is 11.1 Å². The molecule has 0 N–H and O–H groups in total. The van der Waals surface area contributed by atoms with E-state index in [1.165, 1.54) is 86.9 Å². The van der Waals surface area contributed by atoms with Crippen molar-refractivity contribution in [2.45, 2.75) is 5.41 Å². The number of rotatable bonds is 9. The van der Waals surface area contributed by atoms with E-state index in [-0.39, 0.29) is 0 Å². The van der Waals surface area contributed by atoms with Crippen LogP contribution in [0.3, 0.4) is 0 Å². The van der Waals surface area contributed by atoms with Crippen molar-refractivity contribution in [3.05, 3.63) is 307 Å². The van der Waals surface area contributed by atoms with Crippen LogP contribution in [-0.2, 0) is 5.41 Å². The van der Waals surface area contributed by atoms with Crippen molar-refractivity contribution in [3.8, 4) is 55.6 Å². The molecule has 0 radical (unpaired) electrons. The third kappa shape index (κ3) is 7.01. The summed E-state index contributed by atoms with van der Waals surface area (Å²) >= 11 is 1.86. The van der Waals surface area contributed by atoms with Crippen molar-refractivity contribution < 1.29 is 4.42 Å². The van der Waals surface area contributed by atoms with Crippen molar-refractivity contribution in [1.29, 1.82) is 0 Å². The first-order valence-electron chi connectivity index (χ1n) is 26.1. The standard InChI is InChI=1S/C73H47NOS/c1-3-15-48(16-4-1)50-29-38-55(39-30-50)73(56-40-31-53(32-41-56)59-22-13-23-63-60-19-8-11-27-68(60)75-72(59)63)65-24-10-7-21-64(65)71-66(73)25-14-26-67(71)74(57-42-33-51(34-43-57)49-17-5-2-6-18-49)58-44-35-52(36-45-58)54-37-46-62-61-20-9-12-28-69(61)76-70(62)47-54/h1-47H. The van der Waals surface area contributed by atoms with Crippen molar-refractivity contribution in [2.24, 2.45) is 0 Å². The number of para-hydroxylation sites is 2. The first kappa shape index (κ1) is 44.0. The molecular weight excluding hydrogens is 939 g/mol. The SMILES string of the molecule is c1ccc(-c2ccc(N(c3ccc(-c4ccc5c(c4)sc4ccccc45)cc3)c3cccc4c3-c3ccccc3C4(c3ccc(-c4ccccc4)cc3)c3ccc(-c4cccc5c4oc4ccccc45)cc3)cc2)cc1. The molecule has 0 saturated carbocycles. The highest BCUT2D eigenvalue weighted by atomic mass is 32.1. The number of thiophene rings is 1. The summed E-state index contributed by atoms with van der Waals surface area (Å²) in [7, 11) is 0. The van der Waals surface area contributed by atoms with Crippen LogP contribution in [0.15, 0.2) is 290 Å². The zero-order chi connectivity index (χ0) is 50.2. The fraction of sp³-hybridized carbons (Fsp3) is 0.0137. The van der Waals surface area contributed by atoms with Crippen molar-refractivity contribution in [2.75, 3.05) is 4.90 Å². The number of hydrogen-bond donors (Lipinski definition) is 0. The van der Waals surface area contributed by atoms with E-state index in [2.05, 4.69) is 284 Å². The minimum absolute atomic E-state index is 0.668. The predicted octanol–water partition coefficient (Wildman–Crippen LogP) is 20.5. The van der Waals surface area contributed by atoms with Crippen molar-refractivity contribution >= 4 is 70.5 Å². The van der Waals surface area contributed by atoms with Crippen LogP contribution in [-0.4, -0.2) is 0 Å². The first-order chi connectivity index (χ1) is 37.7. The summed E-state index contributed by atoms with van der Waals surface area (Å²) in [6.07, 6.45) is 0. The lowest BCUT2D eigenvalue weighted by molar-refractivity contribution is 0.670. The van der Waals surface area contributed by atoms with Gasteiger partial charge >= 0.3 is 0 Å². The number of anilines is 3. The third-order valence-electron chi connectivity index (χ3n) is 15.8. The van der Waals surface area contributed by atoms with E-state index < -0.39 is 5.41 Å². The highest BCUT2D eigenvalue weighted by molar-refractivity contribution is 7.25. The Kier molecular flexibility index (Phi) is 10.3. The first-order valence-corrected chi connectivity index (χ1v) is 26.9. The van der Waals surface area contributed by atoms with Gasteiger partial charge in [0.2, 0.25) is 0 Å². The van der Waals surface area contributed by atoms with Gasteiger partial charge in [-0.3, -0.25) is 0 Å². The highest BCUT2D eigenvalue weighted by Gasteiger charge is 2.47. The number of benzene rings is 12. The van der Waals surface area contributed by atoms with Gasteiger partial charge in [-0.25, -0.2) is 0 Å². The molecule has 76 heavy (non-hydrogen) atoms. The maximum Gasteiger partial charge on any atom is 0.143 e. The van der Waals surface area contributed by atoms with Crippen LogP contribution < -0.4 is 4.90 Å². The fourth-order valence-corrected chi connectivity index (χ4v) is 13.4. The maximum atomic E-state index is 6.59. The molecule has 14 aromatic rings. The van der Waals surface area contributed by atoms with E-state index >= 15 is 0 Å². The van der Waals surface area contributed by atoms with Gasteiger partial charge in [-0.1, -0.05) is 237 Å². The Balaban J connectivity index is 0.919. The minimum atomic E-state index is -0.668. The Labute approximate surface area is 445 Å². The minimum Gasteiger partial charge on any atom is -0.455 e. The normalized spacial score (nSPS) is 13.8. The molecule has 2 aromatic heterocycles. The third-order valence-corrected chi connectivity index (χ3v) is 16.9. The van der Waals surface area contributed by atoms with Gasteiger partial charge in [-0.05, 0) is 115 Å². The Morgan fingerprint density at radius 2 is 0.803 bits per heavy atom. The molecule has 1 unspecified atom stereocenters. The second-order valence-electron chi connectivity index (χ2n) is 19.9. The smallest absolute Gasteiger partial charge is 0.143 e. The van der Waals surface area contributed by atoms with E-state index in [1.54, 1.807) is 0 Å². The molecule has 0 amide bonds. The molecule has 0 spiro atoms. The Morgan fingerprint density at radius 3 is 1.50 bits per heavy atom. The van der Waals surface area contributed by atoms with E-state index in [0.29, 0.717) is 0 Å². The highest BCUT2D eigenvalue weighted by Crippen LogP contribution is 2.60. The lowest BCUT2D eigenvalue weighted by Crippen LogP contribution is -2.28. The molecule has 0 aliphatic heterocycles. The number of hydrogen-bond acceptors (Lipinski definition) is 3. The van der Waals surface area contributed by atoms with Crippen LogP contribution in [0.5, 0.6) is 0 Å². The predicted molar refractivity (Wildman–Crippen MR) is 320 cm³/mol. The summed E-state index contributed by atoms with van der Waals surface area (Å²) in [6.45, 7) is 0. The van der Waals surface area contributed by atoms with Crippen molar-refractivity contribution in [3.63, 3.8) is 0 Å². The lowest BCUT2D eigenvalue weighted by atomic mass is 9.67. The fourth-order valence-electron chi connectivity index (χ4n) is 12.3. The van der Waals surface area contributed by atoms with Crippen LogP contribution in [0.4, 0.5) is 17.1 Å². The lowest BCUT2D eigenvalue weighted by Gasteiger charge is -2.35. The summed E-state index contributed by atoms with van der Waals surface area (Å²) in [4.78, 5) is 2.47. The Bertz CT molecular complexity index is 4480. The molecule has 1 aliphatic rings. The van der Waals surface area contributed by atoms with Gasteiger partial charge in [0, 0.05) is 53.4 Å². The van der Waals surface area contributed by atoms with E-state index in [9.17, 15) is 0 Å². The largest absolute Gasteiger partial charge is 0.455 e. The van der Waals surface area contributed by atoms with E-state index in [4.69, 9.17) is 4.42 Å². The quantitative estimate of drug-likeness (QED) is 0.143. The summed E-state index contributed by atoms with van der Waals surface area (Å²) in [6, 6.07) is 105. The van der Waals surface area contributed by atoms with Gasteiger partial charge in [0.1, 0.15) is 11.2 Å².